The van der Waals surface area contributed by atoms with Crippen molar-refractivity contribution in [1.82, 2.24) is 10.3 Å². The van der Waals surface area contributed by atoms with Crippen LogP contribution in [0, 0.1) is 0 Å². The first-order chi connectivity index (χ1) is 9.83. The molecule has 1 unspecified atom stereocenters. The lowest BCUT2D eigenvalue weighted by atomic mass is 9.87. The zero-order chi connectivity index (χ0) is 13.8. The maximum absolute atomic E-state index is 6.03. The van der Waals surface area contributed by atoms with E-state index in [0.29, 0.717) is 6.04 Å². The van der Waals surface area contributed by atoms with E-state index >= 15 is 0 Å². The van der Waals surface area contributed by atoms with Gasteiger partial charge in [-0.3, -0.25) is 4.98 Å². The Morgan fingerprint density at radius 2 is 2.15 bits per heavy atom. The third kappa shape index (κ3) is 2.99. The van der Waals surface area contributed by atoms with Crippen molar-refractivity contribution in [3.63, 3.8) is 0 Å². The quantitative estimate of drug-likeness (QED) is 0.836. The van der Waals surface area contributed by atoms with Crippen LogP contribution in [-0.2, 0) is 19.3 Å². The molecule has 3 nitrogen and oxygen atoms in total. The summed E-state index contributed by atoms with van der Waals surface area (Å²) >= 11 is 0. The van der Waals surface area contributed by atoms with Gasteiger partial charge in [-0.1, -0.05) is 18.2 Å². The second-order valence-electron chi connectivity index (χ2n) is 5.45. The molecule has 0 spiro atoms. The monoisotopic (exact) mass is 267 g/mol. The molecule has 0 amide bonds. The molecular formula is C17H21N3. The minimum atomic E-state index is 0.563. The van der Waals surface area contributed by atoms with Crippen LogP contribution in [0.5, 0.6) is 0 Å². The molecule has 1 aromatic heterocycles. The number of nitrogens with zero attached hydrogens (tertiary/aromatic N) is 1. The number of benzene rings is 1. The van der Waals surface area contributed by atoms with Gasteiger partial charge in [0.1, 0.15) is 0 Å². The van der Waals surface area contributed by atoms with Gasteiger partial charge in [0.05, 0.1) is 0 Å². The van der Waals surface area contributed by atoms with Crippen molar-refractivity contribution in [3.05, 3.63) is 59.4 Å². The molecule has 3 rings (SSSR count). The van der Waals surface area contributed by atoms with Gasteiger partial charge in [-0.25, -0.2) is 0 Å². The zero-order valence-electron chi connectivity index (χ0n) is 11.7. The number of hydrogen-bond donors (Lipinski definition) is 2. The zero-order valence-corrected chi connectivity index (χ0v) is 11.7. The first-order valence-electron chi connectivity index (χ1n) is 7.32. The molecule has 3 heteroatoms. The van der Waals surface area contributed by atoms with E-state index in [4.69, 9.17) is 5.73 Å². The third-order valence-corrected chi connectivity index (χ3v) is 4.06. The summed E-state index contributed by atoms with van der Waals surface area (Å²) in [6.45, 7) is 0.985. The van der Waals surface area contributed by atoms with Gasteiger partial charge < -0.3 is 11.1 Å². The van der Waals surface area contributed by atoms with Crippen LogP contribution in [0.25, 0.3) is 0 Å². The molecule has 0 fully saturated rings. The van der Waals surface area contributed by atoms with E-state index in [1.165, 1.54) is 17.5 Å². The highest BCUT2D eigenvalue weighted by Crippen LogP contribution is 2.26. The van der Waals surface area contributed by atoms with Gasteiger partial charge in [-0.15, -0.1) is 0 Å². The van der Waals surface area contributed by atoms with E-state index in [1.807, 2.05) is 24.4 Å². The minimum Gasteiger partial charge on any atom is -0.398 e. The van der Waals surface area contributed by atoms with Crippen molar-refractivity contribution in [2.45, 2.75) is 31.7 Å². The maximum atomic E-state index is 6.03. The Morgan fingerprint density at radius 1 is 1.20 bits per heavy atom. The molecule has 1 atom stereocenters. The number of nitrogens with one attached hydrogen (secondary N) is 1. The predicted octanol–water partition coefficient (Wildman–Crippen LogP) is 2.35. The molecule has 2 aromatic rings. The van der Waals surface area contributed by atoms with Gasteiger partial charge in [0.25, 0.3) is 0 Å². The topological polar surface area (TPSA) is 50.9 Å². The molecule has 0 radical (unpaired) electrons. The maximum Gasteiger partial charge on any atom is 0.0416 e. The second kappa shape index (κ2) is 6.06. The standard InChI is InChI=1S/C17H21N3/c18-17-6-3-4-13-12-15(7-8-16(13)17)20-11-9-14-5-1-2-10-19-14/h1-6,10,15,20H,7-9,11-12,18H2. The van der Waals surface area contributed by atoms with Gasteiger partial charge >= 0.3 is 0 Å². The Labute approximate surface area is 120 Å². The van der Waals surface area contributed by atoms with Crippen LogP contribution in [0.1, 0.15) is 23.2 Å². The highest BCUT2D eigenvalue weighted by molar-refractivity contribution is 5.52. The Bertz CT molecular complexity index is 566. The van der Waals surface area contributed by atoms with Crippen molar-refractivity contribution in [2.24, 2.45) is 0 Å². The molecular weight excluding hydrogens is 246 g/mol. The lowest BCUT2D eigenvalue weighted by molar-refractivity contribution is 0.461. The van der Waals surface area contributed by atoms with Gasteiger partial charge in [0, 0.05) is 36.6 Å². The van der Waals surface area contributed by atoms with Gasteiger partial charge in [-0.2, -0.15) is 0 Å². The normalized spacial score (nSPS) is 17.7. The number of nitrogens with two attached hydrogens (primary N) is 1. The SMILES string of the molecule is Nc1cccc2c1CCC(NCCc1ccccn1)C2. The third-order valence-electron chi connectivity index (χ3n) is 4.06. The lowest BCUT2D eigenvalue weighted by Crippen LogP contribution is -2.36. The summed E-state index contributed by atoms with van der Waals surface area (Å²) in [6.07, 6.45) is 6.19. The molecule has 3 N–H and O–H groups in total. The van der Waals surface area contributed by atoms with E-state index in [9.17, 15) is 0 Å². The molecule has 0 saturated heterocycles. The largest absolute Gasteiger partial charge is 0.398 e. The van der Waals surface area contributed by atoms with Gasteiger partial charge in [0.2, 0.25) is 0 Å². The molecule has 20 heavy (non-hydrogen) atoms. The first-order valence-corrected chi connectivity index (χ1v) is 7.32. The number of nitrogen functional groups attached to an aromatic ring is 1. The average molecular weight is 267 g/mol. The van der Waals surface area contributed by atoms with Gasteiger partial charge in [0.15, 0.2) is 0 Å². The second-order valence-corrected chi connectivity index (χ2v) is 5.45. The summed E-state index contributed by atoms with van der Waals surface area (Å²) in [5, 5.41) is 3.65. The highest BCUT2D eigenvalue weighted by Gasteiger charge is 2.19. The Kier molecular flexibility index (Phi) is 3.97. The number of pyridine rings is 1. The molecule has 1 aromatic carbocycles. The van der Waals surface area contributed by atoms with Crippen molar-refractivity contribution in [1.29, 1.82) is 0 Å². The van der Waals surface area contributed by atoms with E-state index in [2.05, 4.69) is 28.5 Å². The smallest absolute Gasteiger partial charge is 0.0416 e. The van der Waals surface area contributed by atoms with Gasteiger partial charge in [-0.05, 0) is 48.6 Å². The van der Waals surface area contributed by atoms with E-state index < -0.39 is 0 Å². The fourth-order valence-corrected chi connectivity index (χ4v) is 2.96. The predicted molar refractivity (Wildman–Crippen MR) is 82.6 cm³/mol. The molecule has 0 saturated carbocycles. The van der Waals surface area contributed by atoms with E-state index in [1.54, 1.807) is 0 Å². The summed E-state index contributed by atoms with van der Waals surface area (Å²) < 4.78 is 0. The summed E-state index contributed by atoms with van der Waals surface area (Å²) in [5.74, 6) is 0. The van der Waals surface area contributed by atoms with Crippen molar-refractivity contribution < 1.29 is 0 Å². The summed E-state index contributed by atoms with van der Waals surface area (Å²) in [6, 6.07) is 12.9. The number of aromatic nitrogens is 1. The van der Waals surface area contributed by atoms with Crippen molar-refractivity contribution >= 4 is 5.69 Å². The summed E-state index contributed by atoms with van der Waals surface area (Å²) in [7, 11) is 0. The Balaban J connectivity index is 1.53. The Hall–Kier alpha value is -1.87. The van der Waals surface area contributed by atoms with Crippen LogP contribution < -0.4 is 11.1 Å². The van der Waals surface area contributed by atoms with Crippen molar-refractivity contribution in [3.8, 4) is 0 Å². The first kappa shape index (κ1) is 13.1. The minimum absolute atomic E-state index is 0.563. The van der Waals surface area contributed by atoms with E-state index in [0.717, 1.165) is 37.2 Å². The van der Waals surface area contributed by atoms with Crippen LogP contribution in [0.3, 0.4) is 0 Å². The summed E-state index contributed by atoms with van der Waals surface area (Å²) in [5.41, 5.74) is 10.9. The molecule has 1 heterocycles. The fraction of sp³-hybridized carbons (Fsp3) is 0.353. The summed E-state index contributed by atoms with van der Waals surface area (Å²) in [4.78, 5) is 4.35. The average Bonchev–Trinajstić information content (AvgIpc) is 2.48. The van der Waals surface area contributed by atoms with Crippen LogP contribution >= 0.6 is 0 Å². The van der Waals surface area contributed by atoms with E-state index in [-0.39, 0.29) is 0 Å². The van der Waals surface area contributed by atoms with Crippen molar-refractivity contribution in [2.75, 3.05) is 12.3 Å². The molecule has 0 bridgehead atoms. The van der Waals surface area contributed by atoms with Crippen LogP contribution in [0.15, 0.2) is 42.6 Å². The van der Waals surface area contributed by atoms with Crippen LogP contribution in [-0.4, -0.2) is 17.6 Å². The number of fused-ring (bicyclic) bond motifs is 1. The Morgan fingerprint density at radius 3 is 3.00 bits per heavy atom. The fourth-order valence-electron chi connectivity index (χ4n) is 2.96. The number of hydrogen-bond acceptors (Lipinski definition) is 3. The highest BCUT2D eigenvalue weighted by atomic mass is 14.9. The molecule has 1 aliphatic carbocycles. The number of rotatable bonds is 4. The molecule has 104 valence electrons. The van der Waals surface area contributed by atoms with Crippen LogP contribution in [0.4, 0.5) is 5.69 Å². The number of anilines is 1. The van der Waals surface area contributed by atoms with Crippen LogP contribution in [0.2, 0.25) is 0 Å². The lowest BCUT2D eigenvalue weighted by Gasteiger charge is -2.26. The molecule has 1 aliphatic rings. The molecule has 0 aliphatic heterocycles.